The predicted octanol–water partition coefficient (Wildman–Crippen LogP) is 3.15. The van der Waals surface area contributed by atoms with Crippen LogP contribution in [0.5, 0.6) is 0 Å². The molecule has 0 spiro atoms. The number of hydrogen-bond donors (Lipinski definition) is 2. The number of urea groups is 1. The number of benzene rings is 1. The molecule has 1 aromatic carbocycles. The molecule has 3 aliphatic rings. The molecule has 9 nitrogen and oxygen atoms in total. The summed E-state index contributed by atoms with van der Waals surface area (Å²) in [5.74, 6) is -2.59. The number of morpholine rings is 2. The van der Waals surface area contributed by atoms with Gasteiger partial charge in [-0.15, -0.1) is 0 Å². The van der Waals surface area contributed by atoms with Gasteiger partial charge in [0.15, 0.2) is 0 Å². The third kappa shape index (κ3) is 5.10. The molecule has 2 N–H and O–H groups in total. The maximum Gasteiger partial charge on any atom is 0.320 e. The SMILES string of the molecule is C[C@@H](Nc1nc(Cl)nc2c1CN(C(=O)N1CCOCC1)C2)c1cccc(C(F)(F)C2COCCN2)c1. The summed E-state index contributed by atoms with van der Waals surface area (Å²) in [6.45, 7) is 5.43. The summed E-state index contributed by atoms with van der Waals surface area (Å²) in [5.41, 5.74) is 2.05. The Balaban J connectivity index is 1.33. The lowest BCUT2D eigenvalue weighted by Crippen LogP contribution is -2.51. The fourth-order valence-corrected chi connectivity index (χ4v) is 4.92. The fourth-order valence-electron chi connectivity index (χ4n) is 4.74. The number of amides is 2. The number of fused-ring (bicyclic) bond motifs is 1. The van der Waals surface area contributed by atoms with Crippen LogP contribution in [0.2, 0.25) is 5.28 Å². The first-order valence-electron chi connectivity index (χ1n) is 12.1. The van der Waals surface area contributed by atoms with E-state index in [0.29, 0.717) is 69.6 Å². The number of hydrogen-bond acceptors (Lipinski definition) is 7. The summed E-state index contributed by atoms with van der Waals surface area (Å²) >= 11 is 6.19. The summed E-state index contributed by atoms with van der Waals surface area (Å²) < 4.78 is 40.9. The standard InChI is InChI=1S/C24H29ClF2N6O3/c1-15(16-3-2-4-17(11-16)24(26,27)20-14-36-8-5-28-20)29-21-18-12-33(13-19(18)30-22(25)31-21)23(34)32-6-9-35-10-7-32/h2-4,11,15,20,28H,5-10,12-14H2,1H3,(H,29,30,31)/t15-,20?/m1/s1. The second-order valence-electron chi connectivity index (χ2n) is 9.20. The van der Waals surface area contributed by atoms with Crippen molar-refractivity contribution >= 4 is 23.4 Å². The van der Waals surface area contributed by atoms with Crippen molar-refractivity contribution in [1.29, 1.82) is 0 Å². The topological polar surface area (TPSA) is 91.9 Å². The lowest BCUT2D eigenvalue weighted by Gasteiger charge is -2.31. The second kappa shape index (κ2) is 10.4. The van der Waals surface area contributed by atoms with Crippen molar-refractivity contribution in [3.05, 3.63) is 51.9 Å². The number of halogens is 3. The van der Waals surface area contributed by atoms with E-state index in [4.69, 9.17) is 21.1 Å². The van der Waals surface area contributed by atoms with Gasteiger partial charge in [-0.05, 0) is 30.2 Å². The van der Waals surface area contributed by atoms with E-state index in [-0.39, 0.29) is 29.5 Å². The van der Waals surface area contributed by atoms with E-state index in [1.54, 1.807) is 21.9 Å². The van der Waals surface area contributed by atoms with Crippen LogP contribution in [0.25, 0.3) is 0 Å². The highest BCUT2D eigenvalue weighted by atomic mass is 35.5. The smallest absolute Gasteiger partial charge is 0.320 e. The van der Waals surface area contributed by atoms with Crippen molar-refractivity contribution in [2.24, 2.45) is 0 Å². The van der Waals surface area contributed by atoms with Crippen molar-refractivity contribution in [3.63, 3.8) is 0 Å². The van der Waals surface area contributed by atoms with Crippen molar-refractivity contribution < 1.29 is 23.0 Å². The summed E-state index contributed by atoms with van der Waals surface area (Å²) in [5, 5.41) is 6.22. The third-order valence-electron chi connectivity index (χ3n) is 6.79. The molecule has 12 heteroatoms. The Kier molecular flexibility index (Phi) is 7.25. The van der Waals surface area contributed by atoms with Gasteiger partial charge in [0, 0.05) is 36.8 Å². The van der Waals surface area contributed by atoms with Gasteiger partial charge in [0.25, 0.3) is 5.92 Å². The average molecular weight is 523 g/mol. The fraction of sp³-hybridized carbons (Fsp3) is 0.542. The Morgan fingerprint density at radius 2 is 2.00 bits per heavy atom. The molecule has 0 radical (unpaired) electrons. The van der Waals surface area contributed by atoms with Crippen LogP contribution in [0.4, 0.5) is 19.4 Å². The molecular formula is C24H29ClF2N6O3. The number of nitrogens with zero attached hydrogens (tertiary/aromatic N) is 4. The first-order chi connectivity index (χ1) is 17.3. The van der Waals surface area contributed by atoms with E-state index in [0.717, 1.165) is 5.56 Å². The molecule has 4 heterocycles. The molecule has 3 aliphatic heterocycles. The lowest BCUT2D eigenvalue weighted by molar-refractivity contribution is -0.0861. The lowest BCUT2D eigenvalue weighted by atomic mass is 9.96. The van der Waals surface area contributed by atoms with E-state index < -0.39 is 12.0 Å². The van der Waals surface area contributed by atoms with Gasteiger partial charge in [0.2, 0.25) is 5.28 Å². The van der Waals surface area contributed by atoms with Crippen LogP contribution >= 0.6 is 11.6 Å². The number of alkyl halides is 2. The number of anilines is 1. The molecule has 0 bridgehead atoms. The first kappa shape index (κ1) is 25.1. The zero-order valence-corrected chi connectivity index (χ0v) is 20.7. The first-order valence-corrected chi connectivity index (χ1v) is 12.4. The largest absolute Gasteiger partial charge is 0.378 e. The molecule has 5 rings (SSSR count). The van der Waals surface area contributed by atoms with Crippen LogP contribution in [-0.2, 0) is 28.5 Å². The third-order valence-corrected chi connectivity index (χ3v) is 6.96. The molecule has 2 saturated heterocycles. The minimum atomic E-state index is -3.09. The number of carbonyl (C=O) groups is 1. The van der Waals surface area contributed by atoms with Gasteiger partial charge in [0.05, 0.1) is 51.3 Å². The quantitative estimate of drug-likeness (QED) is 0.583. The number of rotatable bonds is 5. The Morgan fingerprint density at radius 3 is 2.75 bits per heavy atom. The van der Waals surface area contributed by atoms with Gasteiger partial charge in [-0.3, -0.25) is 0 Å². The Morgan fingerprint density at radius 1 is 1.19 bits per heavy atom. The van der Waals surface area contributed by atoms with Crippen molar-refractivity contribution in [2.45, 2.75) is 38.0 Å². The van der Waals surface area contributed by atoms with E-state index in [1.165, 1.54) is 12.1 Å². The minimum Gasteiger partial charge on any atom is -0.378 e. The van der Waals surface area contributed by atoms with Gasteiger partial charge in [-0.2, -0.15) is 8.78 Å². The van der Waals surface area contributed by atoms with Crippen LogP contribution in [0.15, 0.2) is 24.3 Å². The average Bonchev–Trinajstić information content (AvgIpc) is 3.33. The number of aromatic nitrogens is 2. The van der Waals surface area contributed by atoms with Crippen LogP contribution < -0.4 is 10.6 Å². The van der Waals surface area contributed by atoms with Gasteiger partial charge < -0.3 is 29.9 Å². The summed E-state index contributed by atoms with van der Waals surface area (Å²) in [6.07, 6.45) is 0. The molecular weight excluding hydrogens is 494 g/mol. The Hall–Kier alpha value is -2.60. The number of nitrogens with one attached hydrogen (secondary N) is 2. The second-order valence-corrected chi connectivity index (χ2v) is 9.54. The summed E-state index contributed by atoms with van der Waals surface area (Å²) in [4.78, 5) is 25.1. The maximum atomic E-state index is 15.2. The van der Waals surface area contributed by atoms with E-state index in [1.807, 2.05) is 6.92 Å². The molecule has 194 valence electrons. The molecule has 2 atom stereocenters. The molecule has 2 fully saturated rings. The van der Waals surface area contributed by atoms with Gasteiger partial charge in [-0.25, -0.2) is 14.8 Å². The highest BCUT2D eigenvalue weighted by Gasteiger charge is 2.42. The van der Waals surface area contributed by atoms with Crippen LogP contribution in [0, 0.1) is 0 Å². The Labute approximate surface area is 213 Å². The van der Waals surface area contributed by atoms with Gasteiger partial charge in [-0.1, -0.05) is 18.2 Å². The van der Waals surface area contributed by atoms with Crippen molar-refractivity contribution in [3.8, 4) is 0 Å². The zero-order valence-electron chi connectivity index (χ0n) is 20.0. The molecule has 0 aliphatic carbocycles. The zero-order chi connectivity index (χ0) is 25.3. The maximum absolute atomic E-state index is 15.2. The summed E-state index contributed by atoms with van der Waals surface area (Å²) in [6, 6.07) is 4.84. The van der Waals surface area contributed by atoms with Crippen LogP contribution in [0.3, 0.4) is 0 Å². The monoisotopic (exact) mass is 522 g/mol. The van der Waals surface area contributed by atoms with Crippen LogP contribution in [0.1, 0.15) is 35.3 Å². The molecule has 0 saturated carbocycles. The molecule has 36 heavy (non-hydrogen) atoms. The van der Waals surface area contributed by atoms with E-state index in [9.17, 15) is 4.79 Å². The van der Waals surface area contributed by atoms with Gasteiger partial charge >= 0.3 is 6.03 Å². The predicted molar refractivity (Wildman–Crippen MR) is 129 cm³/mol. The van der Waals surface area contributed by atoms with Crippen molar-refractivity contribution in [2.75, 3.05) is 51.4 Å². The van der Waals surface area contributed by atoms with E-state index in [2.05, 4.69) is 20.6 Å². The molecule has 2 amide bonds. The summed E-state index contributed by atoms with van der Waals surface area (Å²) in [7, 11) is 0. The number of carbonyl (C=O) groups excluding carboxylic acids is 1. The van der Waals surface area contributed by atoms with Gasteiger partial charge in [0.1, 0.15) is 5.82 Å². The van der Waals surface area contributed by atoms with Crippen LogP contribution in [-0.4, -0.2) is 77.9 Å². The van der Waals surface area contributed by atoms with E-state index >= 15 is 8.78 Å². The molecule has 1 aromatic heterocycles. The normalized spacial score (nSPS) is 21.3. The highest BCUT2D eigenvalue weighted by Crippen LogP contribution is 2.35. The molecule has 2 aromatic rings. The Bertz CT molecular complexity index is 1110. The molecule has 1 unspecified atom stereocenters. The minimum absolute atomic E-state index is 0.0454. The van der Waals surface area contributed by atoms with Crippen molar-refractivity contribution in [1.82, 2.24) is 25.1 Å². The number of ether oxygens (including phenoxy) is 2. The highest BCUT2D eigenvalue weighted by molar-refractivity contribution is 6.28.